The van der Waals surface area contributed by atoms with Crippen molar-refractivity contribution in [1.29, 1.82) is 0 Å². The highest BCUT2D eigenvalue weighted by Gasteiger charge is 2.60. The molecule has 30 heavy (non-hydrogen) atoms. The Morgan fingerprint density at radius 2 is 0.667 bits per heavy atom. The third-order valence-corrected chi connectivity index (χ3v) is 33.8. The fourth-order valence-electron chi connectivity index (χ4n) is 5.62. The van der Waals surface area contributed by atoms with Crippen molar-refractivity contribution in [3.8, 4) is 0 Å². The molecule has 0 aromatic heterocycles. The molecule has 181 valence electrons. The van der Waals surface area contributed by atoms with E-state index < -0.39 is 15.9 Å². The van der Waals surface area contributed by atoms with E-state index in [9.17, 15) is 0 Å². The molecular weight excluding hydrogens is 424 g/mol. The van der Waals surface area contributed by atoms with Crippen molar-refractivity contribution in [3.63, 3.8) is 0 Å². The Balaban J connectivity index is -0.000000260. The first-order chi connectivity index (χ1) is 12.0. The molecule has 0 saturated carbocycles. The summed E-state index contributed by atoms with van der Waals surface area (Å²) in [5.41, 5.74) is 0. The van der Waals surface area contributed by atoms with Crippen LogP contribution in [0, 0.1) is 0 Å². The molecule has 0 fully saturated rings. The quantitative estimate of drug-likeness (QED) is 0.324. The fourth-order valence-corrected chi connectivity index (χ4v) is 30.4. The van der Waals surface area contributed by atoms with Crippen molar-refractivity contribution in [3.05, 3.63) is 0 Å². The van der Waals surface area contributed by atoms with Crippen LogP contribution in [-0.2, 0) is 0 Å². The first-order valence-electron chi connectivity index (χ1n) is 11.8. The van der Waals surface area contributed by atoms with E-state index >= 15 is 0 Å². The molecule has 0 aromatic carbocycles. The van der Waals surface area contributed by atoms with Gasteiger partial charge in [0.15, 0.2) is 0 Å². The molecule has 0 bridgehead atoms. The van der Waals surface area contributed by atoms with Gasteiger partial charge in [0.05, 0.1) is 24.7 Å². The molecule has 0 aliphatic rings. The average Bonchev–Trinajstić information content (AvgIpc) is 2.29. The summed E-state index contributed by atoms with van der Waals surface area (Å²) in [6, 6.07) is 0. The molecule has 0 aromatic rings. The van der Waals surface area contributed by atoms with Gasteiger partial charge in [-0.15, -0.1) is 0 Å². The minimum absolute atomic E-state index is 0. The molecule has 0 saturated heterocycles. The zero-order valence-corrected chi connectivity index (χ0v) is 29.2. The van der Waals surface area contributed by atoms with Crippen molar-refractivity contribution in [1.82, 2.24) is 0 Å². The lowest BCUT2D eigenvalue weighted by molar-refractivity contribution is 0.602. The Morgan fingerprint density at radius 1 is 0.467 bits per heavy atom. The van der Waals surface area contributed by atoms with Gasteiger partial charge in [0.2, 0.25) is 0 Å². The Kier molecular flexibility index (Phi) is 12.7. The van der Waals surface area contributed by atoms with Crippen molar-refractivity contribution in [2.24, 2.45) is 0 Å². The van der Waals surface area contributed by atoms with Gasteiger partial charge in [0.1, 0.15) is 0 Å². The van der Waals surface area contributed by atoms with Gasteiger partial charge in [-0.25, -0.2) is 0 Å². The molecule has 0 spiro atoms. The second-order valence-electron chi connectivity index (χ2n) is 15.6. The Hall–Kier alpha value is 1.18. The van der Waals surface area contributed by atoms with E-state index in [0.717, 1.165) is 0 Å². The molecule has 0 unspecified atom stereocenters. The van der Waals surface area contributed by atoms with Gasteiger partial charge in [-0.1, -0.05) is 138 Å². The van der Waals surface area contributed by atoms with Crippen LogP contribution < -0.4 is 0 Å². The summed E-state index contributed by atoms with van der Waals surface area (Å²) in [6.07, 6.45) is 0. The first kappa shape index (κ1) is 35.8. The predicted molar refractivity (Wildman–Crippen MR) is 155 cm³/mol. The van der Waals surface area contributed by atoms with Crippen molar-refractivity contribution >= 4 is 42.1 Å². The summed E-state index contributed by atoms with van der Waals surface area (Å²) in [5.74, 6) is 0. The van der Waals surface area contributed by atoms with Gasteiger partial charge in [-0.2, -0.15) is 0 Å². The monoisotopic (exact) mass is 485 g/mol. The summed E-state index contributed by atoms with van der Waals surface area (Å²) in [6.45, 7) is 49.3. The lowest BCUT2D eigenvalue weighted by Gasteiger charge is -2.61. The SMILES string of the molecule is CC(C)(C)[Si](C(C)(C)C)[Si](C)(C(C)(C)C)C(C)(C)C.C[Si](C(C)(C)C)C(C)(C)C.[Al].[HH]. The van der Waals surface area contributed by atoms with Crippen molar-refractivity contribution in [2.45, 2.75) is 168 Å². The summed E-state index contributed by atoms with van der Waals surface area (Å²) in [5, 5.41) is 2.93. The molecule has 4 heteroatoms. The summed E-state index contributed by atoms with van der Waals surface area (Å²) >= 11 is 0. The number of hydrogen-bond donors (Lipinski definition) is 0. The fraction of sp³-hybridized carbons (Fsp3) is 1.00. The number of hydrogen-bond acceptors (Lipinski definition) is 0. The summed E-state index contributed by atoms with van der Waals surface area (Å²) < 4.78 is 0. The molecule has 0 N–H and O–H groups in total. The normalized spacial score (nSPS) is 15.0. The van der Waals surface area contributed by atoms with E-state index in [4.69, 9.17) is 0 Å². The lowest BCUT2D eigenvalue weighted by Crippen LogP contribution is -2.67. The van der Waals surface area contributed by atoms with E-state index in [1.807, 2.05) is 0 Å². The zero-order chi connectivity index (χ0) is 24.7. The summed E-state index contributed by atoms with van der Waals surface area (Å²) in [4.78, 5) is 0. The standard InChI is InChI=1S/C17H39Si2.C9H21Si.Al.H2/c1-14(2,3)18(15(4,5)6)19(13,16(7,8)9)17(10,11)12;1-8(2,3)10(7)9(4,5)6;;/h1-13H3;1-7H3;;1H. The van der Waals surface area contributed by atoms with Crippen LogP contribution in [0.5, 0.6) is 0 Å². The van der Waals surface area contributed by atoms with E-state index in [2.05, 4.69) is 138 Å². The molecule has 0 atom stereocenters. The molecule has 0 nitrogen and oxygen atoms in total. The second kappa shape index (κ2) is 10.6. The Labute approximate surface area is 210 Å². The topological polar surface area (TPSA) is 0 Å². The van der Waals surface area contributed by atoms with Gasteiger partial charge in [0.25, 0.3) is 0 Å². The second-order valence-corrected chi connectivity index (χ2v) is 33.4. The van der Waals surface area contributed by atoms with Crippen LogP contribution in [0.15, 0.2) is 0 Å². The highest BCUT2D eigenvalue weighted by molar-refractivity contribution is 7.36. The molecule has 0 aliphatic carbocycles. The van der Waals surface area contributed by atoms with Crippen molar-refractivity contribution < 1.29 is 1.43 Å². The van der Waals surface area contributed by atoms with E-state index in [0.29, 0.717) is 30.2 Å². The largest absolute Gasteiger partial charge is 0.0705 e. The molecule has 0 rings (SSSR count). The lowest BCUT2D eigenvalue weighted by atomic mass is 10.2. The molecule has 0 amide bonds. The first-order valence-corrected chi connectivity index (χ1v) is 18.8. The van der Waals surface area contributed by atoms with Crippen molar-refractivity contribution in [2.75, 3.05) is 0 Å². The molecular formula is C26H62AlSi3. The van der Waals surface area contributed by atoms with Crippen LogP contribution in [0.4, 0.5) is 0 Å². The van der Waals surface area contributed by atoms with Crippen LogP contribution in [-0.4, -0.2) is 42.1 Å². The van der Waals surface area contributed by atoms with Crippen LogP contribution in [0.2, 0.25) is 43.3 Å². The third kappa shape index (κ3) is 9.58. The van der Waals surface area contributed by atoms with Gasteiger partial charge in [-0.05, 0) is 30.2 Å². The Morgan fingerprint density at radius 3 is 0.700 bits per heavy atom. The zero-order valence-electron chi connectivity index (χ0n) is 25.1. The molecule has 5 radical (unpaired) electrons. The van der Waals surface area contributed by atoms with Crippen LogP contribution >= 0.6 is 0 Å². The highest BCUT2D eigenvalue weighted by Crippen LogP contribution is 2.60. The van der Waals surface area contributed by atoms with E-state index in [1.54, 1.807) is 0 Å². The predicted octanol–water partition coefficient (Wildman–Crippen LogP) is 10.4. The van der Waals surface area contributed by atoms with Crippen LogP contribution in [0.1, 0.15) is 126 Å². The van der Waals surface area contributed by atoms with Crippen LogP contribution in [0.3, 0.4) is 0 Å². The van der Waals surface area contributed by atoms with Gasteiger partial charge in [0, 0.05) is 18.8 Å². The van der Waals surface area contributed by atoms with Gasteiger partial charge in [-0.3, -0.25) is 0 Å². The molecule has 0 heterocycles. The minimum Gasteiger partial charge on any atom is -0.0705 e. The van der Waals surface area contributed by atoms with Gasteiger partial charge < -0.3 is 0 Å². The third-order valence-electron chi connectivity index (χ3n) is 7.25. The highest BCUT2D eigenvalue weighted by atomic mass is 29.2. The maximum Gasteiger partial charge on any atom is 0.0561 e. The number of rotatable bonds is 1. The van der Waals surface area contributed by atoms with E-state index in [-0.39, 0.29) is 27.6 Å². The van der Waals surface area contributed by atoms with Gasteiger partial charge >= 0.3 is 0 Å². The maximum atomic E-state index is 2.71. The molecule has 0 aliphatic heterocycles. The smallest absolute Gasteiger partial charge is 0.0561 e. The Bertz CT molecular complexity index is 462. The average molecular weight is 486 g/mol. The maximum absolute atomic E-state index is 2.71. The van der Waals surface area contributed by atoms with E-state index in [1.165, 1.54) is 0 Å². The minimum atomic E-state index is -1.45. The van der Waals surface area contributed by atoms with Crippen LogP contribution in [0.25, 0.3) is 0 Å². The summed E-state index contributed by atoms with van der Waals surface area (Å²) in [7, 11) is -2.16.